The molecule has 1 aromatic heterocycles. The molecule has 3 nitrogen and oxygen atoms in total. The molecule has 0 aliphatic carbocycles. The molecule has 0 aliphatic heterocycles. The summed E-state index contributed by atoms with van der Waals surface area (Å²) in [6.45, 7) is 2.92. The van der Waals surface area contributed by atoms with E-state index in [0.717, 1.165) is 22.4 Å². The van der Waals surface area contributed by atoms with E-state index < -0.39 is 0 Å². The number of hydrogen-bond acceptors (Lipinski definition) is 3. The number of hydrogen-bond donors (Lipinski definition) is 1. The van der Waals surface area contributed by atoms with Crippen molar-refractivity contribution in [2.24, 2.45) is 0 Å². The van der Waals surface area contributed by atoms with Crippen LogP contribution in [-0.4, -0.2) is 16.5 Å². The lowest BCUT2D eigenvalue weighted by atomic mass is 10.2. The molecule has 0 unspecified atom stereocenters. The van der Waals surface area contributed by atoms with E-state index in [4.69, 9.17) is 11.6 Å². The van der Waals surface area contributed by atoms with E-state index in [1.807, 2.05) is 0 Å². The molecule has 19 heavy (non-hydrogen) atoms. The van der Waals surface area contributed by atoms with Crippen molar-refractivity contribution in [2.75, 3.05) is 11.9 Å². The van der Waals surface area contributed by atoms with E-state index >= 15 is 0 Å². The number of rotatable bonds is 4. The molecule has 2 rings (SSSR count). The minimum atomic E-state index is -0.372. The number of anilines is 1. The summed E-state index contributed by atoms with van der Waals surface area (Å²) in [5, 5.41) is 3.54. The summed E-state index contributed by atoms with van der Waals surface area (Å²) in [7, 11) is 0. The Bertz CT molecular complexity index is 592. The molecule has 0 atom stereocenters. The molecule has 0 bridgehead atoms. The number of nitrogens with one attached hydrogen (secondary N) is 1. The minimum absolute atomic E-state index is 0.308. The van der Waals surface area contributed by atoms with Crippen LogP contribution in [0, 0.1) is 9.39 Å². The summed E-state index contributed by atoms with van der Waals surface area (Å²) in [6.07, 6.45) is 2.73. The summed E-state index contributed by atoms with van der Waals surface area (Å²) in [5.41, 5.74) is 0.624. The first-order valence-corrected chi connectivity index (χ1v) is 7.29. The fraction of sp³-hybridized carbons (Fsp3) is 0.231. The van der Waals surface area contributed by atoms with Crippen LogP contribution in [0.3, 0.4) is 0 Å². The lowest BCUT2D eigenvalue weighted by Crippen LogP contribution is -2.05. The van der Waals surface area contributed by atoms with Crippen LogP contribution in [0.5, 0.6) is 0 Å². The Morgan fingerprint density at radius 3 is 2.89 bits per heavy atom. The smallest absolute Gasteiger partial charge is 0.163 e. The van der Waals surface area contributed by atoms with Gasteiger partial charge in [0.15, 0.2) is 5.82 Å². The Kier molecular flexibility index (Phi) is 4.93. The predicted molar refractivity (Wildman–Crippen MR) is 83.9 cm³/mol. The molecule has 0 amide bonds. The topological polar surface area (TPSA) is 37.8 Å². The van der Waals surface area contributed by atoms with Gasteiger partial charge in [-0.1, -0.05) is 18.5 Å². The Labute approximate surface area is 129 Å². The molecule has 0 saturated heterocycles. The van der Waals surface area contributed by atoms with Crippen LogP contribution in [0.1, 0.15) is 13.3 Å². The molecule has 2 aromatic rings. The number of aromatic nitrogens is 2. The minimum Gasteiger partial charge on any atom is -0.369 e. The maximum absolute atomic E-state index is 13.0. The largest absolute Gasteiger partial charge is 0.369 e. The third kappa shape index (κ3) is 3.54. The van der Waals surface area contributed by atoms with Crippen LogP contribution >= 0.6 is 34.2 Å². The Morgan fingerprint density at radius 2 is 2.21 bits per heavy atom. The van der Waals surface area contributed by atoms with Gasteiger partial charge in [-0.2, -0.15) is 0 Å². The van der Waals surface area contributed by atoms with Gasteiger partial charge in [-0.15, -0.1) is 0 Å². The summed E-state index contributed by atoms with van der Waals surface area (Å²) in [4.78, 5) is 8.68. The molecule has 1 N–H and O–H groups in total. The van der Waals surface area contributed by atoms with E-state index in [9.17, 15) is 4.39 Å². The van der Waals surface area contributed by atoms with Crippen LogP contribution in [0.25, 0.3) is 11.4 Å². The van der Waals surface area contributed by atoms with Gasteiger partial charge in [0.1, 0.15) is 11.6 Å². The summed E-state index contributed by atoms with van der Waals surface area (Å²) >= 11 is 8.19. The third-order valence-electron chi connectivity index (χ3n) is 2.46. The van der Waals surface area contributed by atoms with Gasteiger partial charge < -0.3 is 5.32 Å². The van der Waals surface area contributed by atoms with Crippen LogP contribution in [-0.2, 0) is 0 Å². The molecule has 6 heteroatoms. The molecular weight excluding hydrogens is 380 g/mol. The normalized spacial score (nSPS) is 10.5. The Hall–Kier alpha value is -0.950. The van der Waals surface area contributed by atoms with Crippen molar-refractivity contribution in [2.45, 2.75) is 13.3 Å². The van der Waals surface area contributed by atoms with Gasteiger partial charge in [-0.3, -0.25) is 0 Å². The monoisotopic (exact) mass is 391 g/mol. The second kappa shape index (κ2) is 6.47. The summed E-state index contributed by atoms with van der Waals surface area (Å²) in [5.74, 6) is 0.889. The molecule has 0 aliphatic rings. The molecule has 0 saturated carbocycles. The average molecular weight is 392 g/mol. The van der Waals surface area contributed by atoms with E-state index in [1.165, 1.54) is 12.1 Å². The van der Waals surface area contributed by atoms with Gasteiger partial charge in [-0.05, 0) is 47.2 Å². The van der Waals surface area contributed by atoms with E-state index in [1.54, 1.807) is 12.3 Å². The van der Waals surface area contributed by atoms with Gasteiger partial charge in [0, 0.05) is 18.3 Å². The van der Waals surface area contributed by atoms with Crippen molar-refractivity contribution in [1.82, 2.24) is 9.97 Å². The molecule has 1 aromatic carbocycles. The molecule has 0 spiro atoms. The summed E-state index contributed by atoms with van der Waals surface area (Å²) < 4.78 is 14.0. The highest BCUT2D eigenvalue weighted by Gasteiger charge is 2.10. The molecular formula is C13H12ClFIN3. The maximum atomic E-state index is 13.0. The quantitative estimate of drug-likeness (QED) is 0.787. The number of nitrogens with zero attached hydrogens (tertiary/aromatic N) is 2. The molecule has 100 valence electrons. The Morgan fingerprint density at radius 1 is 1.42 bits per heavy atom. The fourth-order valence-electron chi connectivity index (χ4n) is 1.54. The van der Waals surface area contributed by atoms with Crippen LogP contribution in [0.2, 0.25) is 5.02 Å². The molecule has 0 radical (unpaired) electrons. The first-order valence-electron chi connectivity index (χ1n) is 5.83. The zero-order chi connectivity index (χ0) is 13.8. The van der Waals surface area contributed by atoms with Crippen molar-refractivity contribution in [1.29, 1.82) is 0 Å². The highest BCUT2D eigenvalue weighted by atomic mass is 127. The van der Waals surface area contributed by atoms with Crippen molar-refractivity contribution < 1.29 is 4.39 Å². The van der Waals surface area contributed by atoms with Gasteiger partial charge >= 0.3 is 0 Å². The van der Waals surface area contributed by atoms with E-state index in [0.29, 0.717) is 16.4 Å². The maximum Gasteiger partial charge on any atom is 0.163 e. The van der Waals surface area contributed by atoms with Crippen LogP contribution in [0.4, 0.5) is 10.2 Å². The number of benzene rings is 1. The first-order chi connectivity index (χ1) is 9.11. The summed E-state index contributed by atoms with van der Waals surface area (Å²) in [6, 6.07) is 4.20. The SMILES string of the molecule is CCCNc1nc(-c2ccc(F)cc2Cl)ncc1I. The van der Waals surface area contributed by atoms with Gasteiger partial charge in [0.2, 0.25) is 0 Å². The zero-order valence-electron chi connectivity index (χ0n) is 10.3. The molecule has 1 heterocycles. The lowest BCUT2D eigenvalue weighted by Gasteiger charge is -2.09. The van der Waals surface area contributed by atoms with E-state index in [2.05, 4.69) is 44.8 Å². The molecule has 0 fully saturated rings. The highest BCUT2D eigenvalue weighted by Crippen LogP contribution is 2.27. The van der Waals surface area contributed by atoms with Gasteiger partial charge in [0.05, 0.1) is 8.59 Å². The second-order valence-electron chi connectivity index (χ2n) is 3.94. The van der Waals surface area contributed by atoms with Crippen molar-refractivity contribution >= 4 is 40.0 Å². The van der Waals surface area contributed by atoms with Crippen LogP contribution < -0.4 is 5.32 Å². The fourth-order valence-corrected chi connectivity index (χ4v) is 2.24. The lowest BCUT2D eigenvalue weighted by molar-refractivity contribution is 0.628. The zero-order valence-corrected chi connectivity index (χ0v) is 13.2. The third-order valence-corrected chi connectivity index (χ3v) is 3.56. The number of halogens is 3. The Balaban J connectivity index is 2.39. The first kappa shape index (κ1) is 14.5. The van der Waals surface area contributed by atoms with Gasteiger partial charge in [-0.25, -0.2) is 14.4 Å². The van der Waals surface area contributed by atoms with Crippen molar-refractivity contribution in [3.05, 3.63) is 38.8 Å². The highest BCUT2D eigenvalue weighted by molar-refractivity contribution is 14.1. The predicted octanol–water partition coefficient (Wildman–Crippen LogP) is 4.36. The van der Waals surface area contributed by atoms with Crippen molar-refractivity contribution in [3.8, 4) is 11.4 Å². The van der Waals surface area contributed by atoms with E-state index in [-0.39, 0.29) is 5.82 Å². The standard InChI is InChI=1S/C13H12ClFIN3/c1-2-5-17-13-11(16)7-18-12(19-13)9-4-3-8(15)6-10(9)14/h3-4,6-7H,2,5H2,1H3,(H,17,18,19). The average Bonchev–Trinajstić information content (AvgIpc) is 2.38. The second-order valence-corrected chi connectivity index (χ2v) is 5.51. The van der Waals surface area contributed by atoms with Crippen molar-refractivity contribution in [3.63, 3.8) is 0 Å². The van der Waals surface area contributed by atoms with Gasteiger partial charge in [0.25, 0.3) is 0 Å². The van der Waals surface area contributed by atoms with Crippen LogP contribution in [0.15, 0.2) is 24.4 Å².